The van der Waals surface area contributed by atoms with E-state index in [2.05, 4.69) is 23.3 Å². The fourth-order valence-electron chi connectivity index (χ4n) is 4.01. The van der Waals surface area contributed by atoms with E-state index in [-0.39, 0.29) is 5.82 Å². The number of likely N-dealkylation sites (tertiary alicyclic amines) is 1. The Morgan fingerprint density at radius 1 is 1.11 bits per heavy atom. The number of benzene rings is 2. The first-order valence-corrected chi connectivity index (χ1v) is 9.75. The lowest BCUT2D eigenvalue weighted by atomic mass is 9.96. The van der Waals surface area contributed by atoms with Crippen molar-refractivity contribution in [1.29, 1.82) is 0 Å². The Bertz CT molecular complexity index is 997. The van der Waals surface area contributed by atoms with E-state index in [0.717, 1.165) is 53.8 Å². The monoisotopic (exact) mass is 379 g/mol. The molecule has 0 bridgehead atoms. The number of hydrogen-bond donors (Lipinski definition) is 1. The Hall–Kier alpha value is -2.66. The summed E-state index contributed by atoms with van der Waals surface area (Å²) in [5, 5.41) is 5.68. The zero-order valence-electron chi connectivity index (χ0n) is 16.6. The lowest BCUT2D eigenvalue weighted by molar-refractivity contribution is 0.264. The number of aryl methyl sites for hydroxylation is 1. The SMILES string of the molecule is COc1ccc(-c2c(C)nc(NC3CCN(C)CC3)c3ccccc23)c(F)c1. The highest BCUT2D eigenvalue weighted by Gasteiger charge is 2.20. The van der Waals surface area contributed by atoms with Crippen LogP contribution in [-0.2, 0) is 0 Å². The molecule has 5 heteroatoms. The number of aromatic nitrogens is 1. The summed E-state index contributed by atoms with van der Waals surface area (Å²) in [5.74, 6) is 1.10. The van der Waals surface area contributed by atoms with E-state index in [1.165, 1.54) is 6.07 Å². The molecule has 1 fully saturated rings. The Labute approximate surface area is 165 Å². The Balaban J connectivity index is 1.79. The molecular formula is C23H26FN3O. The summed E-state index contributed by atoms with van der Waals surface area (Å²) in [6.45, 7) is 4.12. The number of methoxy groups -OCH3 is 1. The lowest BCUT2D eigenvalue weighted by Crippen LogP contribution is -2.36. The molecule has 0 unspecified atom stereocenters. The van der Waals surface area contributed by atoms with Crippen molar-refractivity contribution in [3.05, 3.63) is 54.0 Å². The van der Waals surface area contributed by atoms with E-state index in [1.54, 1.807) is 19.2 Å². The van der Waals surface area contributed by atoms with Crippen LogP contribution in [0.15, 0.2) is 42.5 Å². The van der Waals surface area contributed by atoms with Crippen LogP contribution in [0.4, 0.5) is 10.2 Å². The van der Waals surface area contributed by atoms with Gasteiger partial charge in [0.15, 0.2) is 0 Å². The molecule has 1 saturated heterocycles. The van der Waals surface area contributed by atoms with Crippen molar-refractivity contribution in [3.8, 4) is 16.9 Å². The maximum Gasteiger partial charge on any atom is 0.134 e. The molecule has 28 heavy (non-hydrogen) atoms. The predicted octanol–water partition coefficient (Wildman–Crippen LogP) is 4.86. The van der Waals surface area contributed by atoms with Gasteiger partial charge in [-0.05, 0) is 57.4 Å². The minimum atomic E-state index is -0.301. The van der Waals surface area contributed by atoms with Crippen LogP contribution in [0, 0.1) is 12.7 Å². The third kappa shape index (κ3) is 3.54. The summed E-state index contributed by atoms with van der Waals surface area (Å²) < 4.78 is 20.0. The van der Waals surface area contributed by atoms with E-state index in [0.29, 0.717) is 17.4 Å². The Morgan fingerprint density at radius 3 is 2.50 bits per heavy atom. The van der Waals surface area contributed by atoms with Gasteiger partial charge in [0.05, 0.1) is 7.11 Å². The molecule has 0 spiro atoms. The largest absolute Gasteiger partial charge is 0.497 e. The van der Waals surface area contributed by atoms with Gasteiger partial charge in [0.1, 0.15) is 17.4 Å². The maximum absolute atomic E-state index is 14.8. The fraction of sp³-hybridized carbons (Fsp3) is 0.348. The molecule has 1 aliphatic rings. The number of fused-ring (bicyclic) bond motifs is 1. The summed E-state index contributed by atoms with van der Waals surface area (Å²) in [6.07, 6.45) is 2.20. The molecule has 4 rings (SSSR count). The van der Waals surface area contributed by atoms with Crippen molar-refractivity contribution in [2.75, 3.05) is 32.6 Å². The predicted molar refractivity (Wildman–Crippen MR) is 113 cm³/mol. The number of halogens is 1. The van der Waals surface area contributed by atoms with E-state index in [4.69, 9.17) is 9.72 Å². The zero-order valence-corrected chi connectivity index (χ0v) is 16.6. The van der Waals surface area contributed by atoms with Gasteiger partial charge in [0.25, 0.3) is 0 Å². The Morgan fingerprint density at radius 2 is 1.82 bits per heavy atom. The van der Waals surface area contributed by atoms with Gasteiger partial charge in [-0.3, -0.25) is 0 Å². The number of ether oxygens (including phenoxy) is 1. The van der Waals surface area contributed by atoms with Gasteiger partial charge < -0.3 is 15.0 Å². The topological polar surface area (TPSA) is 37.4 Å². The van der Waals surface area contributed by atoms with Crippen LogP contribution in [0.1, 0.15) is 18.5 Å². The quantitative estimate of drug-likeness (QED) is 0.702. The van der Waals surface area contributed by atoms with Gasteiger partial charge >= 0.3 is 0 Å². The highest BCUT2D eigenvalue weighted by atomic mass is 19.1. The van der Waals surface area contributed by atoms with Crippen LogP contribution in [0.25, 0.3) is 21.9 Å². The van der Waals surface area contributed by atoms with Gasteiger partial charge in [-0.2, -0.15) is 0 Å². The van der Waals surface area contributed by atoms with Crippen molar-refractivity contribution in [2.24, 2.45) is 0 Å². The van der Waals surface area contributed by atoms with Crippen LogP contribution in [0.2, 0.25) is 0 Å². The van der Waals surface area contributed by atoms with Crippen LogP contribution in [0.5, 0.6) is 5.75 Å². The molecule has 0 amide bonds. The summed E-state index contributed by atoms with van der Waals surface area (Å²) >= 11 is 0. The molecule has 146 valence electrons. The van der Waals surface area contributed by atoms with Crippen molar-refractivity contribution < 1.29 is 9.13 Å². The van der Waals surface area contributed by atoms with Crippen LogP contribution < -0.4 is 10.1 Å². The summed E-state index contributed by atoms with van der Waals surface area (Å²) in [6, 6.07) is 13.5. The van der Waals surface area contributed by atoms with E-state index >= 15 is 0 Å². The fourth-order valence-corrected chi connectivity index (χ4v) is 4.01. The minimum Gasteiger partial charge on any atom is -0.497 e. The molecule has 1 N–H and O–H groups in total. The molecule has 0 atom stereocenters. The van der Waals surface area contributed by atoms with Gasteiger partial charge in [0, 0.05) is 34.3 Å². The van der Waals surface area contributed by atoms with E-state index in [1.807, 2.05) is 25.1 Å². The molecule has 2 heterocycles. The molecule has 0 radical (unpaired) electrons. The summed E-state index contributed by atoms with van der Waals surface area (Å²) in [5.41, 5.74) is 2.20. The lowest BCUT2D eigenvalue weighted by Gasteiger charge is -2.30. The third-order valence-corrected chi connectivity index (χ3v) is 5.60. The van der Waals surface area contributed by atoms with Gasteiger partial charge in [0.2, 0.25) is 0 Å². The second-order valence-electron chi connectivity index (χ2n) is 7.53. The Kier molecular flexibility index (Phi) is 5.18. The number of rotatable bonds is 4. The third-order valence-electron chi connectivity index (χ3n) is 5.60. The number of piperidine rings is 1. The number of nitrogens with one attached hydrogen (secondary N) is 1. The van der Waals surface area contributed by atoms with Crippen molar-refractivity contribution in [1.82, 2.24) is 9.88 Å². The highest BCUT2D eigenvalue weighted by Crippen LogP contribution is 2.37. The van der Waals surface area contributed by atoms with Gasteiger partial charge in [-0.1, -0.05) is 24.3 Å². The second-order valence-corrected chi connectivity index (χ2v) is 7.53. The smallest absolute Gasteiger partial charge is 0.134 e. The number of anilines is 1. The highest BCUT2D eigenvalue weighted by molar-refractivity contribution is 6.03. The minimum absolute atomic E-state index is 0.301. The average molecular weight is 379 g/mol. The van der Waals surface area contributed by atoms with E-state index in [9.17, 15) is 4.39 Å². The molecule has 0 aliphatic carbocycles. The van der Waals surface area contributed by atoms with Crippen molar-refractivity contribution in [3.63, 3.8) is 0 Å². The molecule has 4 nitrogen and oxygen atoms in total. The maximum atomic E-state index is 14.8. The van der Waals surface area contributed by atoms with Gasteiger partial charge in [-0.25, -0.2) is 9.37 Å². The molecule has 1 aromatic heterocycles. The summed E-state index contributed by atoms with van der Waals surface area (Å²) in [7, 11) is 3.70. The molecule has 3 aromatic rings. The van der Waals surface area contributed by atoms with E-state index < -0.39 is 0 Å². The first kappa shape index (κ1) is 18.7. The van der Waals surface area contributed by atoms with Crippen LogP contribution >= 0.6 is 0 Å². The van der Waals surface area contributed by atoms with Crippen molar-refractivity contribution in [2.45, 2.75) is 25.8 Å². The first-order chi connectivity index (χ1) is 13.6. The normalized spacial score (nSPS) is 15.7. The first-order valence-electron chi connectivity index (χ1n) is 9.75. The standard InChI is InChI=1S/C23H26FN3O/c1-15-22(20-9-8-17(28-3)14-21(20)24)18-6-4-5-7-19(18)23(25-15)26-16-10-12-27(2)13-11-16/h4-9,14,16H,10-13H2,1-3H3,(H,25,26). The molecular weight excluding hydrogens is 353 g/mol. The van der Waals surface area contributed by atoms with Crippen molar-refractivity contribution >= 4 is 16.6 Å². The second kappa shape index (κ2) is 7.76. The van der Waals surface area contributed by atoms with Gasteiger partial charge in [-0.15, -0.1) is 0 Å². The number of pyridine rings is 1. The molecule has 1 aliphatic heterocycles. The zero-order chi connectivity index (χ0) is 19.7. The molecule has 0 saturated carbocycles. The summed E-state index contributed by atoms with van der Waals surface area (Å²) in [4.78, 5) is 7.20. The number of hydrogen-bond acceptors (Lipinski definition) is 4. The number of nitrogens with zero attached hydrogens (tertiary/aromatic N) is 2. The average Bonchev–Trinajstić information content (AvgIpc) is 2.70. The van der Waals surface area contributed by atoms with Crippen LogP contribution in [-0.4, -0.2) is 43.2 Å². The molecule has 2 aromatic carbocycles. The van der Waals surface area contributed by atoms with Crippen LogP contribution in [0.3, 0.4) is 0 Å².